The Kier molecular flexibility index (Phi) is 7.39. The molecule has 0 fully saturated rings. The monoisotopic (exact) mass is 503 g/mol. The molecule has 1 aromatic carbocycles. The second-order valence-electron chi connectivity index (χ2n) is 5.90. The van der Waals surface area contributed by atoms with Crippen molar-refractivity contribution in [3.63, 3.8) is 0 Å². The van der Waals surface area contributed by atoms with E-state index < -0.39 is 26.6 Å². The number of benzene rings is 1. The quantitative estimate of drug-likeness (QED) is 0.450. The summed E-state index contributed by atoms with van der Waals surface area (Å²) in [5, 5.41) is 0. The average molecular weight is 503 g/mol. The second-order valence-corrected chi connectivity index (χ2v) is 34.2. The van der Waals surface area contributed by atoms with Gasteiger partial charge in [-0.1, -0.05) is 0 Å². The molecule has 0 aliphatic heterocycles. The van der Waals surface area contributed by atoms with Gasteiger partial charge in [-0.25, -0.2) is 0 Å². The summed E-state index contributed by atoms with van der Waals surface area (Å²) in [4.78, 5) is 0. The Bertz CT molecular complexity index is 566. The number of hydrogen-bond acceptors (Lipinski definition) is 0. The van der Waals surface area contributed by atoms with Gasteiger partial charge in [0.1, 0.15) is 0 Å². The maximum atomic E-state index is 2.59. The zero-order valence-corrected chi connectivity index (χ0v) is 18.9. The summed E-state index contributed by atoms with van der Waals surface area (Å²) in [6.07, 6.45) is 12.0. The van der Waals surface area contributed by atoms with E-state index in [0.29, 0.717) is 0 Å². The summed E-state index contributed by atoms with van der Waals surface area (Å²) in [7, 11) is 0. The molecule has 2 aliphatic rings. The van der Waals surface area contributed by atoms with Crippen molar-refractivity contribution in [2.45, 2.75) is 27.4 Å². The average Bonchev–Trinajstić information content (AvgIpc) is 2.99. The van der Waals surface area contributed by atoms with Crippen LogP contribution in [0.1, 0.15) is 21.7 Å². The first-order valence-corrected chi connectivity index (χ1v) is 20.4. The predicted octanol–water partition coefficient (Wildman–Crippen LogP) is -1.33. The minimum atomic E-state index is -1.67. The van der Waals surface area contributed by atoms with E-state index in [2.05, 4.69) is 74.7 Å². The van der Waals surface area contributed by atoms with Gasteiger partial charge in [0.15, 0.2) is 0 Å². The Labute approximate surface area is 149 Å². The standard InChI is InChI=1S/C10H9.C5H5.C2H7Si.2ClH.Hf/c1-8-6-9-4-2-3-5-10(9)7-8;1-2-4-5-3-1;1-3-2;;;/h2-7H,1H3;1-5H;3H,1-2H3;2*1H;/q;;;;;+2/p-2. The van der Waals surface area contributed by atoms with Gasteiger partial charge < -0.3 is 24.8 Å². The van der Waals surface area contributed by atoms with E-state index in [4.69, 9.17) is 0 Å². The molecule has 0 amide bonds. The van der Waals surface area contributed by atoms with Gasteiger partial charge in [0, 0.05) is 0 Å². The molecular weight excluding hydrogens is 482 g/mol. The molecule has 0 radical (unpaired) electrons. The number of fused-ring (bicyclic) bond motifs is 1. The molecule has 0 bridgehead atoms. The van der Waals surface area contributed by atoms with Crippen molar-refractivity contribution in [3.8, 4) is 0 Å². The van der Waals surface area contributed by atoms with Crippen LogP contribution in [0.3, 0.4) is 0 Å². The Balaban J connectivity index is 0.00000110. The molecule has 0 aromatic heterocycles. The number of halogens is 2. The van der Waals surface area contributed by atoms with E-state index in [1.54, 1.807) is 11.1 Å². The van der Waals surface area contributed by atoms with Gasteiger partial charge in [-0.05, 0) is 0 Å². The number of allylic oxidation sites excluding steroid dienone is 5. The van der Waals surface area contributed by atoms with Crippen LogP contribution in [0.4, 0.5) is 0 Å². The smallest absolute Gasteiger partial charge is 1.00 e. The van der Waals surface area contributed by atoms with Crippen LogP contribution in [0, 0.1) is 0 Å². The van der Waals surface area contributed by atoms with E-state index in [0.717, 1.165) is 7.35 Å². The predicted molar refractivity (Wildman–Crippen MR) is 83.7 cm³/mol. The Morgan fingerprint density at radius 1 is 1.00 bits per heavy atom. The van der Waals surface area contributed by atoms with Crippen LogP contribution in [0.15, 0.2) is 54.1 Å². The largest absolute Gasteiger partial charge is 1.00 e. The minimum absolute atomic E-state index is 0. The summed E-state index contributed by atoms with van der Waals surface area (Å²) in [5.41, 5.74) is 4.79. The SMILES string of the molecule is CC1=Cc2ccccc2[CH]1[Hf+2]([CH]1C=CC=C1)[SiH](C)C.[Cl-].[Cl-]. The molecule has 4 heteroatoms. The second kappa shape index (κ2) is 8.10. The van der Waals surface area contributed by atoms with Crippen molar-refractivity contribution in [1.29, 1.82) is 0 Å². The summed E-state index contributed by atoms with van der Waals surface area (Å²) >= 11 is -1.67. The third-order valence-corrected chi connectivity index (χ3v) is 35.2. The third kappa shape index (κ3) is 3.72. The molecule has 21 heavy (non-hydrogen) atoms. The van der Waals surface area contributed by atoms with Crippen molar-refractivity contribution >= 4 is 12.1 Å². The minimum Gasteiger partial charge on any atom is -1.00 e. The van der Waals surface area contributed by atoms with E-state index >= 15 is 0 Å². The first kappa shape index (κ1) is 19.2. The Hall–Kier alpha value is 0.107. The zero-order chi connectivity index (χ0) is 13.4. The maximum Gasteiger partial charge on any atom is -1.00 e. The third-order valence-electron chi connectivity index (χ3n) is 4.28. The van der Waals surface area contributed by atoms with Crippen LogP contribution in [0.5, 0.6) is 0 Å². The molecule has 1 unspecified atom stereocenters. The molecule has 111 valence electrons. The summed E-state index contributed by atoms with van der Waals surface area (Å²) in [6.45, 7) is 7.56. The molecular formula is C17H21Cl2HfSi. The van der Waals surface area contributed by atoms with Gasteiger partial charge in [0.2, 0.25) is 0 Å². The van der Waals surface area contributed by atoms with E-state index in [1.807, 2.05) is 0 Å². The number of rotatable bonds is 3. The fourth-order valence-electron chi connectivity index (χ4n) is 3.49. The van der Waals surface area contributed by atoms with E-state index in [1.165, 1.54) is 5.56 Å². The Morgan fingerprint density at radius 2 is 1.62 bits per heavy atom. The van der Waals surface area contributed by atoms with Crippen molar-refractivity contribution in [3.05, 3.63) is 65.3 Å². The summed E-state index contributed by atoms with van der Waals surface area (Å²) in [6, 6.07) is 9.09. The topological polar surface area (TPSA) is 0 Å². The van der Waals surface area contributed by atoms with Crippen LogP contribution in [0.25, 0.3) is 6.08 Å². The summed E-state index contributed by atoms with van der Waals surface area (Å²) < 4.78 is 1.71. The molecule has 0 saturated carbocycles. The van der Waals surface area contributed by atoms with Crippen LogP contribution in [0.2, 0.25) is 16.8 Å². The van der Waals surface area contributed by atoms with Crippen LogP contribution in [-0.4, -0.2) is 5.98 Å². The van der Waals surface area contributed by atoms with Gasteiger partial charge in [-0.3, -0.25) is 0 Å². The van der Waals surface area contributed by atoms with Gasteiger partial charge in [0.25, 0.3) is 0 Å². The summed E-state index contributed by atoms with van der Waals surface area (Å²) in [5.74, 6) is -0.519. The van der Waals surface area contributed by atoms with Crippen LogP contribution < -0.4 is 24.8 Å². The van der Waals surface area contributed by atoms with Crippen molar-refractivity contribution < 1.29 is 45.4 Å². The molecule has 0 spiro atoms. The first-order chi connectivity index (χ1) is 9.18. The maximum absolute atomic E-state index is 2.59. The molecule has 1 atom stereocenters. The van der Waals surface area contributed by atoms with Crippen molar-refractivity contribution in [2.24, 2.45) is 0 Å². The van der Waals surface area contributed by atoms with Gasteiger partial charge >= 0.3 is 125 Å². The van der Waals surface area contributed by atoms with Gasteiger partial charge in [-0.15, -0.1) is 0 Å². The molecule has 2 aliphatic carbocycles. The molecule has 0 saturated heterocycles. The fraction of sp³-hybridized carbons (Fsp3) is 0.294. The fourth-order valence-corrected chi connectivity index (χ4v) is 34.0. The molecule has 0 nitrogen and oxygen atoms in total. The van der Waals surface area contributed by atoms with E-state index in [-0.39, 0.29) is 24.8 Å². The first-order valence-electron chi connectivity index (χ1n) is 7.17. The Morgan fingerprint density at radius 3 is 2.24 bits per heavy atom. The molecule has 3 rings (SSSR count). The molecule has 1 aromatic rings. The molecule has 0 N–H and O–H groups in total. The van der Waals surface area contributed by atoms with Crippen LogP contribution >= 0.6 is 0 Å². The molecule has 0 heterocycles. The van der Waals surface area contributed by atoms with Gasteiger partial charge in [0.05, 0.1) is 0 Å². The van der Waals surface area contributed by atoms with Gasteiger partial charge in [-0.2, -0.15) is 0 Å². The number of hydrogen-bond donors (Lipinski definition) is 0. The van der Waals surface area contributed by atoms with Crippen molar-refractivity contribution in [2.75, 3.05) is 0 Å². The van der Waals surface area contributed by atoms with Crippen LogP contribution in [-0.2, 0) is 20.6 Å². The normalized spacial score (nSPS) is 19.0. The van der Waals surface area contributed by atoms with Crippen molar-refractivity contribution in [1.82, 2.24) is 0 Å². The zero-order valence-electron chi connectivity index (χ0n) is 12.7. The van der Waals surface area contributed by atoms with E-state index in [9.17, 15) is 0 Å².